The molecular weight excluding hydrogens is 260 g/mol. The monoisotopic (exact) mass is 282 g/mol. The van der Waals surface area contributed by atoms with E-state index in [-0.39, 0.29) is 5.91 Å². The normalized spacial score (nSPS) is 18.0. The topological polar surface area (TPSA) is 41.1 Å². The van der Waals surface area contributed by atoms with Crippen molar-refractivity contribution < 1.29 is 4.79 Å². The highest BCUT2D eigenvalue weighted by Gasteiger charge is 2.15. The van der Waals surface area contributed by atoms with E-state index in [1.807, 2.05) is 18.2 Å². The third-order valence-corrected chi connectivity index (χ3v) is 4.30. The highest BCUT2D eigenvalue weighted by atomic mass is 16.1. The molecule has 1 aliphatic rings. The van der Waals surface area contributed by atoms with Crippen molar-refractivity contribution in [1.82, 2.24) is 10.6 Å². The molecule has 2 aromatic rings. The molecule has 2 aromatic carbocycles. The fourth-order valence-electron chi connectivity index (χ4n) is 3.02. The summed E-state index contributed by atoms with van der Waals surface area (Å²) in [6.07, 6.45) is 2.84. The van der Waals surface area contributed by atoms with Crippen molar-refractivity contribution in [2.24, 2.45) is 5.92 Å². The summed E-state index contributed by atoms with van der Waals surface area (Å²) in [6.45, 7) is 2.78. The lowest BCUT2D eigenvalue weighted by Crippen LogP contribution is -2.23. The van der Waals surface area contributed by atoms with Crippen molar-refractivity contribution in [2.75, 3.05) is 13.1 Å². The van der Waals surface area contributed by atoms with Gasteiger partial charge in [-0.25, -0.2) is 0 Å². The third kappa shape index (κ3) is 3.61. The first kappa shape index (κ1) is 14.1. The number of hydrogen-bond donors (Lipinski definition) is 2. The SMILES string of the molecule is O=C(CCC1CCNC1)NCc1cccc2ccccc12. The summed E-state index contributed by atoms with van der Waals surface area (Å²) in [4.78, 5) is 12.0. The first-order valence-electron chi connectivity index (χ1n) is 7.77. The second kappa shape index (κ2) is 6.72. The summed E-state index contributed by atoms with van der Waals surface area (Å²) >= 11 is 0. The van der Waals surface area contributed by atoms with Gasteiger partial charge in [-0.3, -0.25) is 4.79 Å². The van der Waals surface area contributed by atoms with Crippen molar-refractivity contribution in [1.29, 1.82) is 0 Å². The van der Waals surface area contributed by atoms with Gasteiger partial charge in [-0.1, -0.05) is 42.5 Å². The smallest absolute Gasteiger partial charge is 0.220 e. The number of hydrogen-bond acceptors (Lipinski definition) is 2. The molecule has 21 heavy (non-hydrogen) atoms. The lowest BCUT2D eigenvalue weighted by Gasteiger charge is -2.10. The predicted molar refractivity (Wildman–Crippen MR) is 86.0 cm³/mol. The number of amides is 1. The van der Waals surface area contributed by atoms with Crippen LogP contribution in [0.1, 0.15) is 24.8 Å². The van der Waals surface area contributed by atoms with Crippen LogP contribution in [0.2, 0.25) is 0 Å². The minimum atomic E-state index is 0.162. The predicted octanol–water partition coefficient (Wildman–Crippen LogP) is 2.85. The van der Waals surface area contributed by atoms with Crippen molar-refractivity contribution in [3.63, 3.8) is 0 Å². The Morgan fingerprint density at radius 1 is 1.19 bits per heavy atom. The van der Waals surface area contributed by atoms with Crippen LogP contribution in [0.4, 0.5) is 0 Å². The third-order valence-electron chi connectivity index (χ3n) is 4.30. The van der Waals surface area contributed by atoms with E-state index in [4.69, 9.17) is 0 Å². The van der Waals surface area contributed by atoms with Gasteiger partial charge < -0.3 is 10.6 Å². The molecule has 1 heterocycles. The summed E-state index contributed by atoms with van der Waals surface area (Å²) < 4.78 is 0. The molecule has 3 rings (SSSR count). The molecule has 1 unspecified atom stereocenters. The molecule has 0 radical (unpaired) electrons. The Morgan fingerprint density at radius 3 is 2.90 bits per heavy atom. The second-order valence-electron chi connectivity index (χ2n) is 5.81. The maximum absolute atomic E-state index is 12.0. The summed E-state index contributed by atoms with van der Waals surface area (Å²) in [7, 11) is 0. The molecular formula is C18H22N2O. The van der Waals surface area contributed by atoms with E-state index in [2.05, 4.69) is 34.9 Å². The number of benzene rings is 2. The van der Waals surface area contributed by atoms with Crippen LogP contribution < -0.4 is 10.6 Å². The number of fused-ring (bicyclic) bond motifs is 1. The number of nitrogens with one attached hydrogen (secondary N) is 2. The number of carbonyl (C=O) groups excluding carboxylic acids is 1. The zero-order valence-electron chi connectivity index (χ0n) is 12.3. The van der Waals surface area contributed by atoms with Crippen LogP contribution in [0, 0.1) is 5.92 Å². The number of rotatable bonds is 5. The Morgan fingerprint density at radius 2 is 2.05 bits per heavy atom. The average molecular weight is 282 g/mol. The first-order valence-corrected chi connectivity index (χ1v) is 7.77. The molecule has 1 amide bonds. The summed E-state index contributed by atoms with van der Waals surface area (Å²) in [6, 6.07) is 14.5. The quantitative estimate of drug-likeness (QED) is 0.885. The molecule has 110 valence electrons. The zero-order valence-corrected chi connectivity index (χ0v) is 12.3. The van der Waals surface area contributed by atoms with Gasteiger partial charge in [-0.05, 0) is 48.2 Å². The average Bonchev–Trinajstić information content (AvgIpc) is 3.04. The lowest BCUT2D eigenvalue weighted by molar-refractivity contribution is -0.121. The van der Waals surface area contributed by atoms with E-state index in [1.165, 1.54) is 22.8 Å². The zero-order chi connectivity index (χ0) is 14.5. The standard InChI is InChI=1S/C18H22N2O/c21-18(9-8-14-10-11-19-12-14)20-13-16-6-3-5-15-4-1-2-7-17(15)16/h1-7,14,19H,8-13H2,(H,20,21). The second-order valence-corrected chi connectivity index (χ2v) is 5.81. The van der Waals surface area contributed by atoms with Crippen molar-refractivity contribution in [2.45, 2.75) is 25.8 Å². The van der Waals surface area contributed by atoms with Crippen LogP contribution in [0.25, 0.3) is 10.8 Å². The van der Waals surface area contributed by atoms with Gasteiger partial charge in [-0.2, -0.15) is 0 Å². The van der Waals surface area contributed by atoms with Gasteiger partial charge in [0.15, 0.2) is 0 Å². The van der Waals surface area contributed by atoms with Crippen molar-refractivity contribution in [3.8, 4) is 0 Å². The number of carbonyl (C=O) groups is 1. The molecule has 0 bridgehead atoms. The van der Waals surface area contributed by atoms with Gasteiger partial charge in [0.2, 0.25) is 5.91 Å². The Hall–Kier alpha value is -1.87. The Labute approximate surface area is 125 Å². The van der Waals surface area contributed by atoms with E-state index < -0.39 is 0 Å². The van der Waals surface area contributed by atoms with Crippen molar-refractivity contribution >= 4 is 16.7 Å². The highest BCUT2D eigenvalue weighted by molar-refractivity contribution is 5.86. The highest BCUT2D eigenvalue weighted by Crippen LogP contribution is 2.18. The molecule has 0 spiro atoms. The maximum atomic E-state index is 12.0. The van der Waals surface area contributed by atoms with E-state index in [0.29, 0.717) is 18.9 Å². The van der Waals surface area contributed by atoms with Gasteiger partial charge in [-0.15, -0.1) is 0 Å². The van der Waals surface area contributed by atoms with E-state index in [9.17, 15) is 4.79 Å². The van der Waals surface area contributed by atoms with Crippen LogP contribution in [0.3, 0.4) is 0 Å². The molecule has 2 N–H and O–H groups in total. The van der Waals surface area contributed by atoms with Crippen LogP contribution in [-0.4, -0.2) is 19.0 Å². The minimum absolute atomic E-state index is 0.162. The Balaban J connectivity index is 1.54. The van der Waals surface area contributed by atoms with E-state index in [0.717, 1.165) is 19.5 Å². The minimum Gasteiger partial charge on any atom is -0.352 e. The van der Waals surface area contributed by atoms with Gasteiger partial charge in [0.1, 0.15) is 0 Å². The van der Waals surface area contributed by atoms with Crippen LogP contribution in [0.5, 0.6) is 0 Å². The Kier molecular flexibility index (Phi) is 4.51. The van der Waals surface area contributed by atoms with Crippen molar-refractivity contribution in [3.05, 3.63) is 48.0 Å². The molecule has 1 atom stereocenters. The fraction of sp³-hybridized carbons (Fsp3) is 0.389. The van der Waals surface area contributed by atoms with E-state index in [1.54, 1.807) is 0 Å². The van der Waals surface area contributed by atoms with Gasteiger partial charge in [0, 0.05) is 13.0 Å². The molecule has 1 saturated heterocycles. The van der Waals surface area contributed by atoms with Crippen LogP contribution in [-0.2, 0) is 11.3 Å². The van der Waals surface area contributed by atoms with Crippen LogP contribution in [0.15, 0.2) is 42.5 Å². The van der Waals surface area contributed by atoms with E-state index >= 15 is 0 Å². The van der Waals surface area contributed by atoms with Crippen LogP contribution >= 0.6 is 0 Å². The summed E-state index contributed by atoms with van der Waals surface area (Å²) in [5, 5.41) is 8.84. The Bertz CT molecular complexity index is 612. The maximum Gasteiger partial charge on any atom is 0.220 e. The van der Waals surface area contributed by atoms with Gasteiger partial charge in [0.25, 0.3) is 0 Å². The molecule has 3 heteroatoms. The molecule has 0 saturated carbocycles. The largest absolute Gasteiger partial charge is 0.352 e. The molecule has 1 aliphatic heterocycles. The molecule has 1 fully saturated rings. The van der Waals surface area contributed by atoms with Gasteiger partial charge in [0.05, 0.1) is 0 Å². The summed E-state index contributed by atoms with van der Waals surface area (Å²) in [5.41, 5.74) is 1.18. The summed E-state index contributed by atoms with van der Waals surface area (Å²) in [5.74, 6) is 0.836. The fourth-order valence-corrected chi connectivity index (χ4v) is 3.02. The molecule has 0 aliphatic carbocycles. The lowest BCUT2D eigenvalue weighted by atomic mass is 10.0. The first-order chi connectivity index (χ1) is 10.3. The van der Waals surface area contributed by atoms with Gasteiger partial charge >= 0.3 is 0 Å². The molecule has 0 aromatic heterocycles. The molecule has 3 nitrogen and oxygen atoms in total.